The summed E-state index contributed by atoms with van der Waals surface area (Å²) < 4.78 is 6.32. The number of aliphatic hydroxyl groups excluding tert-OH is 1. The van der Waals surface area contributed by atoms with E-state index in [2.05, 4.69) is 9.80 Å². The van der Waals surface area contributed by atoms with Crippen LogP contribution in [0.15, 0.2) is 34.7 Å². The molecule has 0 radical (unpaired) electrons. The Morgan fingerprint density at radius 3 is 2.64 bits per heavy atom. The van der Waals surface area contributed by atoms with E-state index in [0.717, 1.165) is 85.2 Å². The molecular weight excluding hydrogens is 416 g/mol. The number of aliphatic hydroxyl groups is 1. The molecule has 6 nitrogen and oxygen atoms in total. The molecule has 1 saturated heterocycles. The third kappa shape index (κ3) is 3.36. The maximum absolute atomic E-state index is 13.2. The van der Waals surface area contributed by atoms with E-state index < -0.39 is 11.6 Å². The normalized spacial score (nSPS) is 20.8. The molecule has 6 heteroatoms. The number of aryl methyl sites for hydroxylation is 1. The molecule has 2 aliphatic heterocycles. The third-order valence-corrected chi connectivity index (χ3v) is 7.52. The molecule has 3 heterocycles. The second-order valence-electron chi connectivity index (χ2n) is 9.65. The zero-order valence-electron chi connectivity index (χ0n) is 18.9. The number of carbonyl (C=O) groups excluding carboxylic acids is 2. The Morgan fingerprint density at radius 1 is 1.00 bits per heavy atom. The number of Topliss-reactive ketones (excluding diaryl/α,β-unsaturated/α-hetero) is 2. The average Bonchev–Trinajstić information content (AvgIpc) is 3.40. The fourth-order valence-corrected chi connectivity index (χ4v) is 5.79. The van der Waals surface area contributed by atoms with Gasteiger partial charge in [0.1, 0.15) is 11.5 Å². The minimum atomic E-state index is -0.433. The second-order valence-corrected chi connectivity index (χ2v) is 9.65. The number of rotatable bonds is 4. The second kappa shape index (κ2) is 7.90. The molecule has 0 spiro atoms. The Bertz CT molecular complexity index is 1290. The van der Waals surface area contributed by atoms with Crippen LogP contribution in [0.2, 0.25) is 0 Å². The van der Waals surface area contributed by atoms with Crippen LogP contribution in [0.1, 0.15) is 50.4 Å². The van der Waals surface area contributed by atoms with Crippen LogP contribution in [0, 0.1) is 6.92 Å². The van der Waals surface area contributed by atoms with Crippen LogP contribution in [0.5, 0.6) is 0 Å². The molecule has 0 saturated carbocycles. The Balaban J connectivity index is 1.29. The lowest BCUT2D eigenvalue weighted by Crippen LogP contribution is -2.34. The van der Waals surface area contributed by atoms with Gasteiger partial charge in [-0.05, 0) is 61.7 Å². The van der Waals surface area contributed by atoms with Gasteiger partial charge < -0.3 is 14.4 Å². The van der Waals surface area contributed by atoms with Gasteiger partial charge in [-0.15, -0.1) is 0 Å². The summed E-state index contributed by atoms with van der Waals surface area (Å²) in [4.78, 5) is 31.1. The highest BCUT2D eigenvalue weighted by atomic mass is 16.3. The molecule has 1 aromatic heterocycles. The number of likely N-dealkylation sites (tertiary alicyclic amines) is 1. The van der Waals surface area contributed by atoms with Crippen LogP contribution in [0.25, 0.3) is 22.1 Å². The van der Waals surface area contributed by atoms with Crippen molar-refractivity contribution in [1.82, 2.24) is 9.80 Å². The SMILES string of the molecule is Cc1cccc2c3c(ccc12)-c1oc2c(c1C(=O)C3=O)CCN(CCCN1CC[C@@H](O)C1)C2. The zero-order chi connectivity index (χ0) is 22.7. The van der Waals surface area contributed by atoms with Gasteiger partial charge in [-0.2, -0.15) is 0 Å². The van der Waals surface area contributed by atoms with Gasteiger partial charge >= 0.3 is 0 Å². The van der Waals surface area contributed by atoms with Gasteiger partial charge in [0.15, 0.2) is 0 Å². The number of nitrogens with zero attached hydrogens (tertiary/aromatic N) is 2. The number of β-amino-alcohol motifs (C(OH)–C–C–N with tert-alkyl or cyclic N) is 1. The largest absolute Gasteiger partial charge is 0.459 e. The highest BCUT2D eigenvalue weighted by Gasteiger charge is 2.39. The van der Waals surface area contributed by atoms with E-state index in [0.29, 0.717) is 23.4 Å². The van der Waals surface area contributed by atoms with Crippen molar-refractivity contribution in [2.45, 2.75) is 38.8 Å². The molecular formula is C27H28N2O4. The van der Waals surface area contributed by atoms with E-state index >= 15 is 0 Å². The van der Waals surface area contributed by atoms with Crippen LogP contribution >= 0.6 is 0 Å². The predicted molar refractivity (Wildman–Crippen MR) is 126 cm³/mol. The maximum atomic E-state index is 13.2. The molecule has 2 aromatic carbocycles. The first-order chi connectivity index (χ1) is 16.0. The summed E-state index contributed by atoms with van der Waals surface area (Å²) in [6.07, 6.45) is 2.45. The first-order valence-corrected chi connectivity index (χ1v) is 11.9. The number of benzene rings is 2. The predicted octanol–water partition coefficient (Wildman–Crippen LogP) is 3.60. The Kier molecular flexibility index (Phi) is 4.98. The fourth-order valence-electron chi connectivity index (χ4n) is 5.79. The lowest BCUT2D eigenvalue weighted by Gasteiger charge is -2.27. The van der Waals surface area contributed by atoms with Gasteiger partial charge in [0.2, 0.25) is 11.6 Å². The van der Waals surface area contributed by atoms with Crippen LogP contribution < -0.4 is 0 Å². The Morgan fingerprint density at radius 2 is 1.82 bits per heavy atom. The lowest BCUT2D eigenvalue weighted by atomic mass is 9.82. The van der Waals surface area contributed by atoms with Gasteiger partial charge in [-0.25, -0.2) is 0 Å². The summed E-state index contributed by atoms with van der Waals surface area (Å²) in [5.41, 5.74) is 3.70. The van der Waals surface area contributed by atoms with Crippen LogP contribution in [-0.4, -0.2) is 65.3 Å². The summed E-state index contributed by atoms with van der Waals surface area (Å²) >= 11 is 0. The molecule has 3 aliphatic rings. The van der Waals surface area contributed by atoms with Crippen molar-refractivity contribution >= 4 is 22.3 Å². The molecule has 3 aromatic rings. The highest BCUT2D eigenvalue weighted by molar-refractivity contribution is 6.54. The first-order valence-electron chi connectivity index (χ1n) is 11.9. The van der Waals surface area contributed by atoms with Gasteiger partial charge in [-0.1, -0.05) is 24.3 Å². The monoisotopic (exact) mass is 444 g/mol. The molecule has 0 amide bonds. The van der Waals surface area contributed by atoms with E-state index in [4.69, 9.17) is 4.42 Å². The fraction of sp³-hybridized carbons (Fsp3) is 0.407. The van der Waals surface area contributed by atoms with Crippen molar-refractivity contribution < 1.29 is 19.1 Å². The van der Waals surface area contributed by atoms with Crippen molar-refractivity contribution in [3.05, 3.63) is 58.3 Å². The van der Waals surface area contributed by atoms with E-state index in [9.17, 15) is 14.7 Å². The van der Waals surface area contributed by atoms with Gasteiger partial charge in [0, 0.05) is 36.3 Å². The molecule has 170 valence electrons. The molecule has 1 fully saturated rings. The minimum Gasteiger partial charge on any atom is -0.459 e. The molecule has 0 bridgehead atoms. The molecule has 33 heavy (non-hydrogen) atoms. The van der Waals surface area contributed by atoms with Crippen molar-refractivity contribution in [1.29, 1.82) is 0 Å². The number of hydrogen-bond donors (Lipinski definition) is 1. The number of carbonyl (C=O) groups is 2. The van der Waals surface area contributed by atoms with Crippen molar-refractivity contribution in [2.24, 2.45) is 0 Å². The molecule has 0 unspecified atom stereocenters. The standard InChI is InChI=1S/C27H28N2O4/c1-16-4-2-5-19-18(16)6-7-21-23(19)25(31)26(32)24-20-9-13-29(15-22(20)33-27(21)24)11-3-10-28-12-8-17(30)14-28/h2,4-7,17,30H,3,8-15H2,1H3/t17-/m1/s1. The Hall–Kier alpha value is -2.80. The smallest absolute Gasteiger partial charge is 0.237 e. The number of ketones is 2. The minimum absolute atomic E-state index is 0.179. The van der Waals surface area contributed by atoms with Crippen LogP contribution in [0.3, 0.4) is 0 Å². The summed E-state index contributed by atoms with van der Waals surface area (Å²) in [6, 6.07) is 9.83. The average molecular weight is 445 g/mol. The molecule has 1 atom stereocenters. The van der Waals surface area contributed by atoms with Gasteiger partial charge in [-0.3, -0.25) is 14.5 Å². The topological polar surface area (TPSA) is 74.0 Å². The zero-order valence-corrected chi connectivity index (χ0v) is 18.9. The Labute approximate surface area is 192 Å². The van der Waals surface area contributed by atoms with Crippen LogP contribution in [0.4, 0.5) is 0 Å². The molecule has 6 rings (SSSR count). The summed E-state index contributed by atoms with van der Waals surface area (Å²) in [7, 11) is 0. The van der Waals surface area contributed by atoms with E-state index in [1.165, 1.54) is 0 Å². The third-order valence-electron chi connectivity index (χ3n) is 7.52. The first kappa shape index (κ1) is 20.8. The van der Waals surface area contributed by atoms with Gasteiger partial charge in [0.25, 0.3) is 0 Å². The quantitative estimate of drug-likeness (QED) is 0.620. The van der Waals surface area contributed by atoms with Crippen LogP contribution in [-0.2, 0) is 13.0 Å². The maximum Gasteiger partial charge on any atom is 0.237 e. The number of furan rings is 1. The molecule has 1 aliphatic carbocycles. The summed E-state index contributed by atoms with van der Waals surface area (Å²) in [5.74, 6) is 0.530. The number of hydrogen-bond acceptors (Lipinski definition) is 6. The van der Waals surface area contributed by atoms with Crippen molar-refractivity contribution in [3.8, 4) is 11.3 Å². The van der Waals surface area contributed by atoms with Gasteiger partial charge in [0.05, 0.1) is 18.2 Å². The lowest BCUT2D eigenvalue weighted by molar-refractivity contribution is 0.0815. The van der Waals surface area contributed by atoms with Crippen molar-refractivity contribution in [3.63, 3.8) is 0 Å². The molecule has 1 N–H and O–H groups in total. The van der Waals surface area contributed by atoms with Crippen molar-refractivity contribution in [2.75, 3.05) is 32.7 Å². The highest BCUT2D eigenvalue weighted by Crippen LogP contribution is 2.43. The number of fused-ring (bicyclic) bond motifs is 7. The van der Waals surface area contributed by atoms with E-state index in [-0.39, 0.29) is 6.10 Å². The van der Waals surface area contributed by atoms with E-state index in [1.54, 1.807) is 0 Å². The summed E-state index contributed by atoms with van der Waals surface area (Å²) in [5, 5.41) is 11.5. The van der Waals surface area contributed by atoms with E-state index in [1.807, 2.05) is 37.3 Å². The summed E-state index contributed by atoms with van der Waals surface area (Å²) in [6.45, 7) is 7.22.